The fraction of sp³-hybridized carbons (Fsp3) is 0.467. The van der Waals surface area contributed by atoms with E-state index in [9.17, 15) is 9.59 Å². The van der Waals surface area contributed by atoms with Gasteiger partial charge < -0.3 is 16.0 Å². The van der Waals surface area contributed by atoms with Gasteiger partial charge in [0, 0.05) is 18.9 Å². The largest absolute Gasteiger partial charge is 0.341 e. The molecule has 7 heteroatoms. The summed E-state index contributed by atoms with van der Waals surface area (Å²) in [7, 11) is 0. The Kier molecular flexibility index (Phi) is 7.40. The minimum atomic E-state index is -0.661. The molecular formula is C15H21N5O2. The first-order valence-electron chi connectivity index (χ1n) is 7.11. The smallest absolute Gasteiger partial charge is 0.315 e. The van der Waals surface area contributed by atoms with E-state index in [1.54, 1.807) is 24.5 Å². The average Bonchev–Trinajstić information content (AvgIpc) is 2.50. The van der Waals surface area contributed by atoms with Crippen LogP contribution in [-0.4, -0.2) is 29.5 Å². The highest BCUT2D eigenvalue weighted by Crippen LogP contribution is 2.05. The Balaban J connectivity index is 2.51. The first-order chi connectivity index (χ1) is 10.5. The molecule has 0 fully saturated rings. The lowest BCUT2D eigenvalue weighted by atomic mass is 10.0. The molecule has 22 heavy (non-hydrogen) atoms. The van der Waals surface area contributed by atoms with Crippen LogP contribution in [0.5, 0.6) is 0 Å². The van der Waals surface area contributed by atoms with E-state index in [4.69, 9.17) is 5.26 Å². The summed E-state index contributed by atoms with van der Waals surface area (Å²) in [6.45, 7) is 4.19. The fourth-order valence-corrected chi connectivity index (χ4v) is 1.85. The average molecular weight is 303 g/mol. The molecule has 0 saturated carbocycles. The first-order valence-corrected chi connectivity index (χ1v) is 7.11. The van der Waals surface area contributed by atoms with Crippen molar-refractivity contribution in [3.63, 3.8) is 0 Å². The highest BCUT2D eigenvalue weighted by Gasteiger charge is 2.21. The number of rotatable bonds is 7. The van der Waals surface area contributed by atoms with Crippen molar-refractivity contribution >= 4 is 11.9 Å². The summed E-state index contributed by atoms with van der Waals surface area (Å²) in [6, 6.07) is 4.35. The normalized spacial score (nSPS) is 11.4. The van der Waals surface area contributed by atoms with Crippen LogP contribution in [-0.2, 0) is 11.3 Å². The number of urea groups is 1. The van der Waals surface area contributed by atoms with Gasteiger partial charge in [-0.2, -0.15) is 5.26 Å². The molecule has 1 unspecified atom stereocenters. The van der Waals surface area contributed by atoms with Gasteiger partial charge in [0.1, 0.15) is 12.6 Å². The number of nitriles is 1. The Morgan fingerprint density at radius 3 is 2.55 bits per heavy atom. The second-order valence-corrected chi connectivity index (χ2v) is 5.24. The van der Waals surface area contributed by atoms with E-state index < -0.39 is 12.1 Å². The molecule has 0 bridgehead atoms. The van der Waals surface area contributed by atoms with Crippen molar-refractivity contribution in [1.82, 2.24) is 20.9 Å². The van der Waals surface area contributed by atoms with Crippen LogP contribution in [0.2, 0.25) is 0 Å². The maximum atomic E-state index is 11.9. The molecule has 118 valence electrons. The number of amides is 3. The van der Waals surface area contributed by atoms with Crippen LogP contribution in [0.1, 0.15) is 25.8 Å². The number of nitrogens with zero attached hydrogens (tertiary/aromatic N) is 2. The van der Waals surface area contributed by atoms with Crippen molar-refractivity contribution in [2.24, 2.45) is 5.92 Å². The number of nitrogens with one attached hydrogen (secondary N) is 3. The quantitative estimate of drug-likeness (QED) is 0.651. The monoisotopic (exact) mass is 303 g/mol. The van der Waals surface area contributed by atoms with E-state index in [1.807, 2.05) is 19.9 Å². The third kappa shape index (κ3) is 6.70. The second-order valence-electron chi connectivity index (χ2n) is 5.24. The van der Waals surface area contributed by atoms with Crippen LogP contribution >= 0.6 is 0 Å². The summed E-state index contributed by atoms with van der Waals surface area (Å²) in [5, 5.41) is 16.3. The third-order valence-corrected chi connectivity index (χ3v) is 2.87. The molecule has 1 aromatic rings. The molecule has 0 spiro atoms. The number of pyridine rings is 1. The number of hydrogen-bond donors (Lipinski definition) is 3. The molecule has 1 heterocycles. The Hall–Kier alpha value is -2.62. The molecule has 0 aliphatic rings. The highest BCUT2D eigenvalue weighted by atomic mass is 16.2. The Morgan fingerprint density at radius 2 is 1.95 bits per heavy atom. The van der Waals surface area contributed by atoms with Gasteiger partial charge in [0.25, 0.3) is 0 Å². The molecule has 3 N–H and O–H groups in total. The van der Waals surface area contributed by atoms with Crippen molar-refractivity contribution < 1.29 is 9.59 Å². The lowest BCUT2D eigenvalue weighted by molar-refractivity contribution is -0.123. The number of carbonyl (C=O) groups excluding carboxylic acids is 2. The van der Waals surface area contributed by atoms with Gasteiger partial charge in [-0.1, -0.05) is 13.8 Å². The van der Waals surface area contributed by atoms with E-state index in [-0.39, 0.29) is 18.4 Å². The van der Waals surface area contributed by atoms with Crippen molar-refractivity contribution in [2.75, 3.05) is 6.54 Å². The van der Waals surface area contributed by atoms with Crippen molar-refractivity contribution in [3.8, 4) is 6.07 Å². The standard InChI is InChI=1S/C15H21N5O2/c1-11(2)9-13(14(21)18-8-5-16)20-15(22)19-10-12-3-6-17-7-4-12/h3-4,6-7,11,13H,8-10H2,1-2H3,(H,18,21)(H2,19,20,22). The highest BCUT2D eigenvalue weighted by molar-refractivity contribution is 5.87. The molecule has 0 radical (unpaired) electrons. The lowest BCUT2D eigenvalue weighted by Crippen LogP contribution is -2.50. The van der Waals surface area contributed by atoms with Crippen LogP contribution in [0.3, 0.4) is 0 Å². The zero-order valence-corrected chi connectivity index (χ0v) is 12.8. The Morgan fingerprint density at radius 1 is 1.27 bits per heavy atom. The summed E-state index contributed by atoms with van der Waals surface area (Å²) >= 11 is 0. The van der Waals surface area contributed by atoms with Crippen LogP contribution < -0.4 is 16.0 Å². The topological polar surface area (TPSA) is 107 Å². The van der Waals surface area contributed by atoms with E-state index in [0.29, 0.717) is 13.0 Å². The summed E-state index contributed by atoms with van der Waals surface area (Å²) in [5.74, 6) is -0.118. The molecule has 0 saturated heterocycles. The summed E-state index contributed by atoms with van der Waals surface area (Å²) in [5.41, 5.74) is 0.916. The maximum Gasteiger partial charge on any atom is 0.315 e. The van der Waals surface area contributed by atoms with Gasteiger partial charge in [0.15, 0.2) is 0 Å². The second kappa shape index (κ2) is 9.34. The van der Waals surface area contributed by atoms with Gasteiger partial charge in [-0.3, -0.25) is 9.78 Å². The molecule has 1 atom stereocenters. The van der Waals surface area contributed by atoms with Crippen LogP contribution in [0.4, 0.5) is 4.79 Å². The summed E-state index contributed by atoms with van der Waals surface area (Å²) in [6.07, 6.45) is 3.79. The van der Waals surface area contributed by atoms with E-state index in [1.165, 1.54) is 0 Å². The van der Waals surface area contributed by atoms with Gasteiger partial charge in [0.05, 0.1) is 6.07 Å². The van der Waals surface area contributed by atoms with Crippen LogP contribution in [0.25, 0.3) is 0 Å². The molecule has 0 aromatic carbocycles. The molecule has 0 aliphatic carbocycles. The van der Waals surface area contributed by atoms with Gasteiger partial charge in [0.2, 0.25) is 5.91 Å². The van der Waals surface area contributed by atoms with E-state index >= 15 is 0 Å². The molecule has 3 amide bonds. The minimum absolute atomic E-state index is 0.0757. The van der Waals surface area contributed by atoms with Gasteiger partial charge in [-0.15, -0.1) is 0 Å². The van der Waals surface area contributed by atoms with Crippen molar-refractivity contribution in [2.45, 2.75) is 32.9 Å². The van der Waals surface area contributed by atoms with Crippen molar-refractivity contribution in [1.29, 1.82) is 5.26 Å². The molecule has 1 rings (SSSR count). The van der Waals surface area contributed by atoms with Crippen molar-refractivity contribution in [3.05, 3.63) is 30.1 Å². The Labute approximate surface area is 130 Å². The maximum absolute atomic E-state index is 11.9. The zero-order chi connectivity index (χ0) is 16.4. The SMILES string of the molecule is CC(C)CC(NC(=O)NCc1ccncc1)C(=O)NCC#N. The minimum Gasteiger partial charge on any atom is -0.341 e. The zero-order valence-electron chi connectivity index (χ0n) is 12.8. The van der Waals surface area contributed by atoms with Gasteiger partial charge in [-0.25, -0.2) is 4.79 Å². The first kappa shape index (κ1) is 17.4. The third-order valence-electron chi connectivity index (χ3n) is 2.87. The van der Waals surface area contributed by atoms with E-state index in [2.05, 4.69) is 20.9 Å². The predicted octanol–water partition coefficient (Wildman–Crippen LogP) is 0.935. The molecule has 1 aromatic heterocycles. The Bertz CT molecular complexity index is 524. The molecule has 7 nitrogen and oxygen atoms in total. The van der Waals surface area contributed by atoms with Gasteiger partial charge in [-0.05, 0) is 30.0 Å². The number of hydrogen-bond acceptors (Lipinski definition) is 4. The number of carbonyl (C=O) groups is 2. The fourth-order valence-electron chi connectivity index (χ4n) is 1.85. The summed E-state index contributed by atoms with van der Waals surface area (Å²) < 4.78 is 0. The lowest BCUT2D eigenvalue weighted by Gasteiger charge is -2.19. The van der Waals surface area contributed by atoms with Crippen LogP contribution in [0, 0.1) is 17.2 Å². The van der Waals surface area contributed by atoms with E-state index in [0.717, 1.165) is 5.56 Å². The van der Waals surface area contributed by atoms with Crippen LogP contribution in [0.15, 0.2) is 24.5 Å². The number of aromatic nitrogens is 1. The molecular weight excluding hydrogens is 282 g/mol. The van der Waals surface area contributed by atoms with Gasteiger partial charge >= 0.3 is 6.03 Å². The summed E-state index contributed by atoms with van der Waals surface area (Å²) in [4.78, 5) is 27.7. The molecule has 0 aliphatic heterocycles. The predicted molar refractivity (Wildman–Crippen MR) is 81.5 cm³/mol.